The van der Waals surface area contributed by atoms with Crippen LogP contribution >= 0.6 is 11.6 Å². The van der Waals surface area contributed by atoms with Crippen LogP contribution in [0.25, 0.3) is 10.9 Å². The Morgan fingerprint density at radius 2 is 2.07 bits per heavy atom. The molecule has 1 aliphatic rings. The molecule has 2 amide bonds. The van der Waals surface area contributed by atoms with Gasteiger partial charge in [0.2, 0.25) is 11.8 Å². The second-order valence-electron chi connectivity index (χ2n) is 10.1. The third kappa shape index (κ3) is 8.40. The number of rotatable bonds is 8. The highest BCUT2D eigenvalue weighted by Gasteiger charge is 2.21. The maximum absolute atomic E-state index is 14.5. The molecule has 2 aromatic carbocycles. The van der Waals surface area contributed by atoms with Crippen molar-refractivity contribution in [2.24, 2.45) is 0 Å². The predicted molar refractivity (Wildman–Crippen MR) is 160 cm³/mol. The van der Waals surface area contributed by atoms with Crippen molar-refractivity contribution in [3.63, 3.8) is 0 Å². The third-order valence-corrected chi connectivity index (χ3v) is 7.16. The second kappa shape index (κ2) is 14.9. The quantitative estimate of drug-likeness (QED) is 0.287. The van der Waals surface area contributed by atoms with Gasteiger partial charge in [0.1, 0.15) is 18.0 Å². The van der Waals surface area contributed by atoms with E-state index in [1.165, 1.54) is 25.4 Å². The number of carbonyl (C=O) groups is 2. The van der Waals surface area contributed by atoms with Crippen molar-refractivity contribution in [2.45, 2.75) is 39.3 Å². The summed E-state index contributed by atoms with van der Waals surface area (Å²) in [5.41, 5.74) is 1.80. The summed E-state index contributed by atoms with van der Waals surface area (Å²) in [7, 11) is 1.81. The first-order chi connectivity index (χ1) is 20.2. The van der Waals surface area contributed by atoms with Gasteiger partial charge in [0.05, 0.1) is 29.8 Å². The zero-order chi connectivity index (χ0) is 30.1. The molecule has 11 nitrogen and oxygen atoms in total. The molecular formula is C29H37ClFN7O4. The number of aromatic nitrogens is 2. The average molecular weight is 602 g/mol. The molecule has 3 aromatic rings. The second-order valence-corrected chi connectivity index (χ2v) is 10.5. The SMILES string of the molecule is CC(=O)NCCNCCCOc1cc2ncnc3c2cc1OCCCNC(=O)[C@H](C)N(C)Cc1cc(F)c(Cl)cc1N3. The highest BCUT2D eigenvalue weighted by Crippen LogP contribution is 2.36. The number of hydrogen-bond acceptors (Lipinski definition) is 9. The summed E-state index contributed by atoms with van der Waals surface area (Å²) < 4.78 is 26.8. The van der Waals surface area contributed by atoms with E-state index in [1.807, 2.05) is 18.0 Å². The Morgan fingerprint density at radius 3 is 2.88 bits per heavy atom. The Balaban J connectivity index is 1.60. The minimum Gasteiger partial charge on any atom is -0.490 e. The number of hydrogen-bond donors (Lipinski definition) is 4. The number of halogens is 2. The Hall–Kier alpha value is -3.74. The van der Waals surface area contributed by atoms with Crippen molar-refractivity contribution >= 4 is 45.8 Å². The maximum Gasteiger partial charge on any atom is 0.237 e. The largest absolute Gasteiger partial charge is 0.490 e. The highest BCUT2D eigenvalue weighted by molar-refractivity contribution is 6.31. The number of ether oxygens (including phenoxy) is 2. The summed E-state index contributed by atoms with van der Waals surface area (Å²) in [4.78, 5) is 34.5. The Kier molecular flexibility index (Phi) is 11.1. The third-order valence-electron chi connectivity index (χ3n) is 6.87. The van der Waals surface area contributed by atoms with Gasteiger partial charge in [0, 0.05) is 50.2 Å². The van der Waals surface area contributed by atoms with Crippen LogP contribution in [0.5, 0.6) is 11.5 Å². The predicted octanol–water partition coefficient (Wildman–Crippen LogP) is 3.38. The molecule has 0 fully saturated rings. The molecule has 2 bridgehead atoms. The summed E-state index contributed by atoms with van der Waals surface area (Å²) in [6, 6.07) is 6.06. The molecule has 42 heavy (non-hydrogen) atoms. The molecule has 1 aromatic heterocycles. The van der Waals surface area contributed by atoms with E-state index in [0.29, 0.717) is 85.3 Å². The molecule has 4 N–H and O–H groups in total. The normalized spacial score (nSPS) is 16.3. The molecular weight excluding hydrogens is 565 g/mol. The molecule has 226 valence electrons. The van der Waals surface area contributed by atoms with Gasteiger partial charge in [-0.1, -0.05) is 11.6 Å². The number of nitrogens with one attached hydrogen (secondary N) is 4. The molecule has 13 heteroatoms. The van der Waals surface area contributed by atoms with Gasteiger partial charge in [-0.3, -0.25) is 14.5 Å². The Bertz CT molecular complexity index is 1410. The van der Waals surface area contributed by atoms with E-state index in [2.05, 4.69) is 31.2 Å². The van der Waals surface area contributed by atoms with Crippen LogP contribution in [0.2, 0.25) is 5.02 Å². The number of benzene rings is 2. The van der Waals surface area contributed by atoms with Crippen molar-refractivity contribution in [3.05, 3.63) is 47.0 Å². The van der Waals surface area contributed by atoms with E-state index < -0.39 is 11.9 Å². The fourth-order valence-corrected chi connectivity index (χ4v) is 4.57. The lowest BCUT2D eigenvalue weighted by atomic mass is 10.1. The molecule has 0 saturated heterocycles. The lowest BCUT2D eigenvalue weighted by Crippen LogP contribution is -2.43. The van der Waals surface area contributed by atoms with Crippen LogP contribution in [-0.2, 0) is 16.1 Å². The number of anilines is 2. The number of likely N-dealkylation sites (N-methyl/N-ethyl adjacent to an activating group) is 1. The molecule has 1 aliphatic heterocycles. The van der Waals surface area contributed by atoms with Gasteiger partial charge >= 0.3 is 0 Å². The maximum atomic E-state index is 14.5. The first kappa shape index (κ1) is 31.2. The Labute approximate surface area is 249 Å². The van der Waals surface area contributed by atoms with Crippen LogP contribution in [0.4, 0.5) is 15.9 Å². The fourth-order valence-electron chi connectivity index (χ4n) is 4.40. The summed E-state index contributed by atoms with van der Waals surface area (Å²) in [5, 5.41) is 12.9. The number of nitrogens with zero attached hydrogens (tertiary/aromatic N) is 3. The molecule has 0 radical (unpaired) electrons. The van der Waals surface area contributed by atoms with E-state index in [9.17, 15) is 14.0 Å². The van der Waals surface area contributed by atoms with Crippen LogP contribution < -0.4 is 30.7 Å². The van der Waals surface area contributed by atoms with Gasteiger partial charge in [0.15, 0.2) is 11.5 Å². The van der Waals surface area contributed by atoms with Gasteiger partial charge in [-0.05, 0) is 57.1 Å². The van der Waals surface area contributed by atoms with E-state index in [1.54, 1.807) is 13.0 Å². The van der Waals surface area contributed by atoms with E-state index in [-0.39, 0.29) is 16.8 Å². The van der Waals surface area contributed by atoms with Crippen molar-refractivity contribution in [2.75, 3.05) is 51.8 Å². The number of amides is 2. The van der Waals surface area contributed by atoms with E-state index >= 15 is 0 Å². The van der Waals surface area contributed by atoms with Gasteiger partial charge in [-0.25, -0.2) is 14.4 Å². The van der Waals surface area contributed by atoms with Gasteiger partial charge in [0.25, 0.3) is 0 Å². The van der Waals surface area contributed by atoms with Gasteiger partial charge in [-0.15, -0.1) is 0 Å². The molecule has 1 atom stereocenters. The van der Waals surface area contributed by atoms with Crippen molar-refractivity contribution in [1.29, 1.82) is 0 Å². The highest BCUT2D eigenvalue weighted by atomic mass is 35.5. The smallest absolute Gasteiger partial charge is 0.237 e. The zero-order valence-electron chi connectivity index (χ0n) is 24.1. The Morgan fingerprint density at radius 1 is 1.24 bits per heavy atom. The average Bonchev–Trinajstić information content (AvgIpc) is 2.95. The van der Waals surface area contributed by atoms with E-state index in [0.717, 1.165) is 13.0 Å². The lowest BCUT2D eigenvalue weighted by molar-refractivity contribution is -0.125. The van der Waals surface area contributed by atoms with E-state index in [4.69, 9.17) is 21.1 Å². The van der Waals surface area contributed by atoms with Crippen LogP contribution in [0.15, 0.2) is 30.6 Å². The van der Waals surface area contributed by atoms with Crippen LogP contribution in [0.3, 0.4) is 0 Å². The standard InChI is InChI=1S/C29H37ClFN7O4/c1-18-29(40)34-7-5-11-41-26-13-21-25(15-27(26)42-10-4-6-32-8-9-33-19(2)39)35-17-36-28(21)37-24-14-22(30)23(31)12-20(24)16-38(18)3/h12-15,17-18,32H,4-11,16H2,1-3H3,(H,33,39)(H,34,40)(H,35,36,37)/t18-/m0/s1. The van der Waals surface area contributed by atoms with Crippen molar-refractivity contribution < 1.29 is 23.5 Å². The first-order valence-electron chi connectivity index (χ1n) is 14.0. The van der Waals surface area contributed by atoms with Crippen LogP contribution in [0.1, 0.15) is 32.3 Å². The summed E-state index contributed by atoms with van der Waals surface area (Å²) in [6.07, 6.45) is 2.76. The van der Waals surface area contributed by atoms with Crippen molar-refractivity contribution in [1.82, 2.24) is 30.8 Å². The topological polar surface area (TPSA) is 130 Å². The zero-order valence-corrected chi connectivity index (χ0v) is 24.8. The summed E-state index contributed by atoms with van der Waals surface area (Å²) in [6.45, 7) is 6.76. The molecule has 0 unspecified atom stereocenters. The summed E-state index contributed by atoms with van der Waals surface area (Å²) in [5.74, 6) is 0.803. The molecule has 2 heterocycles. The minimum atomic E-state index is -0.551. The lowest BCUT2D eigenvalue weighted by Gasteiger charge is -2.25. The summed E-state index contributed by atoms with van der Waals surface area (Å²) >= 11 is 6.16. The molecule has 0 aliphatic carbocycles. The molecule has 0 saturated carbocycles. The van der Waals surface area contributed by atoms with Crippen LogP contribution in [-0.4, -0.2) is 79.2 Å². The minimum absolute atomic E-state index is 0.0354. The van der Waals surface area contributed by atoms with Crippen molar-refractivity contribution in [3.8, 4) is 11.5 Å². The first-order valence-corrected chi connectivity index (χ1v) is 14.3. The number of fused-ring (bicyclic) bond motifs is 2. The van der Waals surface area contributed by atoms with Gasteiger partial charge < -0.3 is 30.7 Å². The monoisotopic (exact) mass is 601 g/mol. The fraction of sp³-hybridized carbons (Fsp3) is 0.448. The molecule has 4 rings (SSSR count). The molecule has 0 spiro atoms. The number of carbonyl (C=O) groups excluding carboxylic acids is 2. The van der Waals surface area contributed by atoms with Crippen LogP contribution in [0, 0.1) is 5.82 Å². The van der Waals surface area contributed by atoms with Gasteiger partial charge in [-0.2, -0.15) is 0 Å².